The number of hydrogen-bond donors (Lipinski definition) is 0. The topological polar surface area (TPSA) is 52.8 Å². The molecule has 178 valence electrons. The van der Waals surface area contributed by atoms with Gasteiger partial charge in [-0.05, 0) is 55.8 Å². The SMILES string of the molecule is C=C(c1cn2c(-c3ccc(N4CCN(C)CC4)nc3)cnc2cn1)N1CCCc2cc(F)ccc21. The van der Waals surface area contributed by atoms with Gasteiger partial charge in [0.05, 0.1) is 23.8 Å². The number of anilines is 2. The summed E-state index contributed by atoms with van der Waals surface area (Å²) in [5.74, 6) is 0.803. The van der Waals surface area contributed by atoms with Crippen LogP contribution in [0.25, 0.3) is 22.6 Å². The second-order valence-corrected chi connectivity index (χ2v) is 9.31. The minimum Gasteiger partial charge on any atom is -0.354 e. The normalized spacial score (nSPS) is 16.5. The van der Waals surface area contributed by atoms with Gasteiger partial charge < -0.3 is 14.7 Å². The highest BCUT2D eigenvalue weighted by Gasteiger charge is 2.22. The van der Waals surface area contributed by atoms with E-state index in [2.05, 4.69) is 50.4 Å². The maximum Gasteiger partial charge on any atom is 0.155 e. The zero-order chi connectivity index (χ0) is 23.9. The quantitative estimate of drug-likeness (QED) is 0.449. The number of imidazole rings is 1. The van der Waals surface area contributed by atoms with Crippen LogP contribution in [0.15, 0.2) is 61.7 Å². The molecule has 1 saturated heterocycles. The van der Waals surface area contributed by atoms with Gasteiger partial charge >= 0.3 is 0 Å². The molecule has 2 aliphatic heterocycles. The molecule has 0 aliphatic carbocycles. The maximum absolute atomic E-state index is 13.8. The summed E-state index contributed by atoms with van der Waals surface area (Å²) < 4.78 is 15.8. The molecule has 7 nitrogen and oxygen atoms in total. The number of fused-ring (bicyclic) bond motifs is 2. The number of halogens is 1. The minimum atomic E-state index is -0.203. The first kappa shape index (κ1) is 21.7. The van der Waals surface area contributed by atoms with E-state index in [9.17, 15) is 4.39 Å². The second-order valence-electron chi connectivity index (χ2n) is 9.31. The third kappa shape index (κ3) is 4.04. The zero-order valence-corrected chi connectivity index (χ0v) is 19.9. The largest absolute Gasteiger partial charge is 0.354 e. The molecule has 8 heteroatoms. The van der Waals surface area contributed by atoms with Crippen molar-refractivity contribution >= 4 is 22.8 Å². The van der Waals surface area contributed by atoms with Gasteiger partial charge in [-0.2, -0.15) is 0 Å². The number of aryl methyl sites for hydroxylation is 1. The number of piperazine rings is 1. The van der Waals surface area contributed by atoms with Crippen LogP contribution in [0, 0.1) is 5.82 Å². The fourth-order valence-corrected chi connectivity index (χ4v) is 5.00. The summed E-state index contributed by atoms with van der Waals surface area (Å²) in [5.41, 5.74) is 6.28. The first-order valence-corrected chi connectivity index (χ1v) is 12.0. The molecule has 0 saturated carbocycles. The Balaban J connectivity index is 1.29. The van der Waals surface area contributed by atoms with E-state index in [1.54, 1.807) is 12.3 Å². The molecular weight excluding hydrogens is 441 g/mol. The number of rotatable bonds is 4. The Morgan fingerprint density at radius 3 is 2.60 bits per heavy atom. The van der Waals surface area contributed by atoms with Crippen LogP contribution < -0.4 is 9.80 Å². The summed E-state index contributed by atoms with van der Waals surface area (Å²) in [7, 11) is 2.15. The van der Waals surface area contributed by atoms with Gasteiger partial charge in [0, 0.05) is 56.4 Å². The molecule has 1 fully saturated rings. The molecule has 0 amide bonds. The van der Waals surface area contributed by atoms with E-state index in [4.69, 9.17) is 4.98 Å². The van der Waals surface area contributed by atoms with Crippen molar-refractivity contribution in [2.75, 3.05) is 49.6 Å². The summed E-state index contributed by atoms with van der Waals surface area (Å²) in [6.45, 7) is 9.24. The van der Waals surface area contributed by atoms with Crippen molar-refractivity contribution in [3.05, 3.63) is 78.8 Å². The Kier molecular flexibility index (Phi) is 5.45. The Morgan fingerprint density at radius 1 is 0.943 bits per heavy atom. The lowest BCUT2D eigenvalue weighted by Crippen LogP contribution is -2.44. The Hall–Kier alpha value is -3.78. The number of hydrogen-bond acceptors (Lipinski definition) is 6. The molecule has 35 heavy (non-hydrogen) atoms. The van der Waals surface area contributed by atoms with E-state index in [0.29, 0.717) is 0 Å². The molecule has 0 bridgehead atoms. The van der Waals surface area contributed by atoms with Crippen LogP contribution in [0.3, 0.4) is 0 Å². The molecule has 2 aliphatic rings. The van der Waals surface area contributed by atoms with Crippen molar-refractivity contribution in [1.29, 1.82) is 0 Å². The number of benzene rings is 1. The van der Waals surface area contributed by atoms with Gasteiger partial charge in [0.15, 0.2) is 5.65 Å². The molecule has 6 rings (SSSR count). The molecule has 3 aromatic heterocycles. The summed E-state index contributed by atoms with van der Waals surface area (Å²) in [5, 5.41) is 0. The summed E-state index contributed by atoms with van der Waals surface area (Å²) >= 11 is 0. The molecule has 0 spiro atoms. The van der Waals surface area contributed by atoms with Crippen LogP contribution >= 0.6 is 0 Å². The molecule has 0 radical (unpaired) electrons. The van der Waals surface area contributed by atoms with Gasteiger partial charge in [0.2, 0.25) is 0 Å². The van der Waals surface area contributed by atoms with Crippen LogP contribution in [0.2, 0.25) is 0 Å². The Labute approximate surface area is 204 Å². The highest BCUT2D eigenvalue weighted by Crippen LogP contribution is 2.33. The van der Waals surface area contributed by atoms with Crippen molar-refractivity contribution < 1.29 is 4.39 Å². The highest BCUT2D eigenvalue weighted by molar-refractivity contribution is 5.79. The van der Waals surface area contributed by atoms with Crippen molar-refractivity contribution in [2.24, 2.45) is 0 Å². The number of nitrogens with zero attached hydrogens (tertiary/aromatic N) is 7. The van der Waals surface area contributed by atoms with Crippen molar-refractivity contribution in [3.8, 4) is 11.3 Å². The third-order valence-electron chi connectivity index (χ3n) is 7.05. The van der Waals surface area contributed by atoms with E-state index in [1.165, 1.54) is 6.07 Å². The monoisotopic (exact) mass is 469 g/mol. The summed E-state index contributed by atoms with van der Waals surface area (Å²) in [6, 6.07) is 9.16. The predicted octanol–water partition coefficient (Wildman–Crippen LogP) is 4.11. The van der Waals surface area contributed by atoms with Gasteiger partial charge in [0.1, 0.15) is 17.3 Å². The van der Waals surface area contributed by atoms with Gasteiger partial charge in [-0.1, -0.05) is 6.58 Å². The van der Waals surface area contributed by atoms with Gasteiger partial charge in [-0.3, -0.25) is 4.40 Å². The van der Waals surface area contributed by atoms with Crippen molar-refractivity contribution in [1.82, 2.24) is 24.3 Å². The van der Waals surface area contributed by atoms with Crippen molar-refractivity contribution in [2.45, 2.75) is 12.8 Å². The lowest BCUT2D eigenvalue weighted by Gasteiger charge is -2.33. The summed E-state index contributed by atoms with van der Waals surface area (Å²) in [6.07, 6.45) is 9.33. The van der Waals surface area contributed by atoms with Crippen molar-refractivity contribution in [3.63, 3.8) is 0 Å². The van der Waals surface area contributed by atoms with E-state index in [-0.39, 0.29) is 5.82 Å². The zero-order valence-electron chi connectivity index (χ0n) is 19.9. The van der Waals surface area contributed by atoms with Crippen LogP contribution in [0.1, 0.15) is 17.7 Å². The van der Waals surface area contributed by atoms with E-state index >= 15 is 0 Å². The third-order valence-corrected chi connectivity index (χ3v) is 7.05. The molecule has 0 atom stereocenters. The average Bonchev–Trinajstić information content (AvgIpc) is 3.31. The number of likely N-dealkylation sites (N-methyl/N-ethyl adjacent to an activating group) is 1. The highest BCUT2D eigenvalue weighted by atomic mass is 19.1. The summed E-state index contributed by atoms with van der Waals surface area (Å²) in [4.78, 5) is 20.7. The maximum atomic E-state index is 13.8. The first-order chi connectivity index (χ1) is 17.1. The van der Waals surface area contributed by atoms with E-state index in [0.717, 1.165) is 90.9 Å². The van der Waals surface area contributed by atoms with Gasteiger partial charge in [-0.25, -0.2) is 19.3 Å². The number of pyridine rings is 1. The lowest BCUT2D eigenvalue weighted by molar-refractivity contribution is 0.312. The first-order valence-electron chi connectivity index (χ1n) is 12.0. The number of aromatic nitrogens is 4. The average molecular weight is 470 g/mol. The second kappa shape index (κ2) is 8.78. The molecule has 0 unspecified atom stereocenters. The van der Waals surface area contributed by atoms with Gasteiger partial charge in [0.25, 0.3) is 0 Å². The van der Waals surface area contributed by atoms with Crippen LogP contribution in [0.5, 0.6) is 0 Å². The standard InChI is InChI=1S/C27H28FN7/c1-19(34-9-3-4-20-14-22(28)6-7-24(20)34)23-18-35-25(16-31-27(35)17-29-23)21-5-8-26(30-15-21)33-12-10-32(2)11-13-33/h5-8,14-18H,1,3-4,9-13H2,2H3. The smallest absolute Gasteiger partial charge is 0.155 e. The minimum absolute atomic E-state index is 0.203. The Morgan fingerprint density at radius 2 is 1.80 bits per heavy atom. The van der Waals surface area contributed by atoms with Crippen LogP contribution in [-0.2, 0) is 6.42 Å². The fourth-order valence-electron chi connectivity index (χ4n) is 5.00. The lowest BCUT2D eigenvalue weighted by atomic mass is 10.0. The molecular formula is C27H28FN7. The van der Waals surface area contributed by atoms with Crippen LogP contribution in [-0.4, -0.2) is 64.0 Å². The molecule has 5 heterocycles. The van der Waals surface area contributed by atoms with E-state index in [1.807, 2.05) is 29.1 Å². The van der Waals surface area contributed by atoms with Crippen LogP contribution in [0.4, 0.5) is 15.9 Å². The molecule has 4 aromatic rings. The van der Waals surface area contributed by atoms with E-state index < -0.39 is 0 Å². The predicted molar refractivity (Wildman–Crippen MR) is 137 cm³/mol. The molecule has 0 N–H and O–H groups in total. The van der Waals surface area contributed by atoms with Gasteiger partial charge in [-0.15, -0.1) is 0 Å². The fraction of sp³-hybridized carbons (Fsp3) is 0.296. The Bertz CT molecular complexity index is 1390. The molecule has 1 aromatic carbocycles.